The summed E-state index contributed by atoms with van der Waals surface area (Å²) in [5, 5.41) is 2.68. The molecular formula is C24H27F3N2O3. The van der Waals surface area contributed by atoms with Crippen molar-refractivity contribution in [3.05, 3.63) is 65.7 Å². The highest BCUT2D eigenvalue weighted by Gasteiger charge is 2.47. The van der Waals surface area contributed by atoms with Gasteiger partial charge >= 0.3 is 6.18 Å². The Bertz CT molecular complexity index is 897. The van der Waals surface area contributed by atoms with Crippen molar-refractivity contribution >= 4 is 11.6 Å². The summed E-state index contributed by atoms with van der Waals surface area (Å²) in [4.78, 5) is 14.5. The molecule has 2 aromatic rings. The third kappa shape index (κ3) is 5.49. The van der Waals surface area contributed by atoms with E-state index in [1.165, 1.54) is 12.1 Å². The van der Waals surface area contributed by atoms with Gasteiger partial charge in [0.1, 0.15) is 0 Å². The van der Waals surface area contributed by atoms with Crippen molar-refractivity contribution in [2.75, 3.05) is 31.6 Å². The summed E-state index contributed by atoms with van der Waals surface area (Å²) in [5.74, 6) is -0.269. The molecule has 32 heavy (non-hydrogen) atoms. The lowest BCUT2D eigenvalue weighted by Gasteiger charge is -2.44. The maximum atomic E-state index is 12.7. The van der Waals surface area contributed by atoms with Crippen molar-refractivity contribution in [2.24, 2.45) is 0 Å². The number of hydrogen-bond donors (Lipinski definition) is 1. The van der Waals surface area contributed by atoms with Gasteiger partial charge in [0, 0.05) is 25.4 Å². The van der Waals surface area contributed by atoms with Gasteiger partial charge in [0.2, 0.25) is 5.91 Å². The molecule has 2 fully saturated rings. The minimum atomic E-state index is -4.40. The number of amides is 1. The SMILES string of the molecule is O=C(CN1CCC2(CCCO2)C(OCc2ccccc2)C1)Nc1ccc(C(F)(F)F)cc1. The molecule has 2 aliphatic rings. The third-order valence-electron chi connectivity index (χ3n) is 6.15. The first-order chi connectivity index (χ1) is 15.3. The second-order valence-corrected chi connectivity index (χ2v) is 8.41. The first kappa shape index (κ1) is 22.8. The van der Waals surface area contributed by atoms with Gasteiger partial charge in [-0.15, -0.1) is 0 Å². The molecular weight excluding hydrogens is 421 g/mol. The predicted octanol–water partition coefficient (Wildman–Crippen LogP) is 4.48. The molecule has 2 aliphatic heterocycles. The van der Waals surface area contributed by atoms with Crippen LogP contribution in [0.3, 0.4) is 0 Å². The highest BCUT2D eigenvalue weighted by atomic mass is 19.4. The quantitative estimate of drug-likeness (QED) is 0.708. The summed E-state index contributed by atoms with van der Waals surface area (Å²) in [7, 11) is 0. The summed E-state index contributed by atoms with van der Waals surface area (Å²) in [6, 6.07) is 14.4. The van der Waals surface area contributed by atoms with Crippen LogP contribution in [0.2, 0.25) is 0 Å². The molecule has 2 saturated heterocycles. The van der Waals surface area contributed by atoms with Crippen LogP contribution >= 0.6 is 0 Å². The number of nitrogens with zero attached hydrogens (tertiary/aromatic N) is 1. The minimum absolute atomic E-state index is 0.141. The number of alkyl halides is 3. The average molecular weight is 448 g/mol. The highest BCUT2D eigenvalue weighted by Crippen LogP contribution is 2.38. The Morgan fingerprint density at radius 3 is 2.53 bits per heavy atom. The molecule has 0 saturated carbocycles. The smallest absolute Gasteiger partial charge is 0.372 e. The number of hydrogen-bond acceptors (Lipinski definition) is 4. The van der Waals surface area contributed by atoms with Gasteiger partial charge in [0.25, 0.3) is 0 Å². The summed E-state index contributed by atoms with van der Waals surface area (Å²) in [6.45, 7) is 2.60. The molecule has 0 aliphatic carbocycles. The summed E-state index contributed by atoms with van der Waals surface area (Å²) in [5.41, 5.74) is 0.368. The van der Waals surface area contributed by atoms with Crippen molar-refractivity contribution < 1.29 is 27.4 Å². The van der Waals surface area contributed by atoms with Crippen molar-refractivity contribution in [3.63, 3.8) is 0 Å². The fourth-order valence-electron chi connectivity index (χ4n) is 4.44. The molecule has 1 N–H and O–H groups in total. The van der Waals surface area contributed by atoms with E-state index in [4.69, 9.17) is 9.47 Å². The zero-order valence-electron chi connectivity index (χ0n) is 17.7. The topological polar surface area (TPSA) is 50.8 Å². The van der Waals surface area contributed by atoms with E-state index in [1.54, 1.807) is 0 Å². The Hall–Kier alpha value is -2.42. The van der Waals surface area contributed by atoms with Gasteiger partial charge in [-0.3, -0.25) is 9.69 Å². The van der Waals surface area contributed by atoms with Crippen LogP contribution in [-0.2, 0) is 27.1 Å². The second kappa shape index (κ2) is 9.60. The molecule has 0 aromatic heterocycles. The maximum Gasteiger partial charge on any atom is 0.416 e. The molecule has 0 radical (unpaired) electrons. The number of piperidine rings is 1. The summed E-state index contributed by atoms with van der Waals surface area (Å²) < 4.78 is 50.5. The van der Waals surface area contributed by atoms with E-state index in [0.29, 0.717) is 25.4 Å². The Labute approximate surface area is 185 Å². The molecule has 0 bridgehead atoms. The monoisotopic (exact) mass is 448 g/mol. The lowest BCUT2D eigenvalue weighted by atomic mass is 9.85. The molecule has 2 unspecified atom stereocenters. The lowest BCUT2D eigenvalue weighted by Crippen LogP contribution is -2.57. The van der Waals surface area contributed by atoms with Crippen LogP contribution in [0, 0.1) is 0 Å². The fraction of sp³-hybridized carbons (Fsp3) is 0.458. The summed E-state index contributed by atoms with van der Waals surface area (Å²) in [6.07, 6.45) is -1.83. The number of likely N-dealkylation sites (tertiary alicyclic amines) is 1. The van der Waals surface area contributed by atoms with E-state index in [2.05, 4.69) is 5.32 Å². The molecule has 172 valence electrons. The van der Waals surface area contributed by atoms with Crippen molar-refractivity contribution in [2.45, 2.75) is 43.8 Å². The van der Waals surface area contributed by atoms with Crippen LogP contribution in [0.5, 0.6) is 0 Å². The Morgan fingerprint density at radius 1 is 1.12 bits per heavy atom. The zero-order chi connectivity index (χ0) is 22.6. The Morgan fingerprint density at radius 2 is 1.88 bits per heavy atom. The minimum Gasteiger partial charge on any atom is -0.372 e. The number of nitrogens with one attached hydrogen (secondary N) is 1. The highest BCUT2D eigenvalue weighted by molar-refractivity contribution is 5.92. The van der Waals surface area contributed by atoms with E-state index >= 15 is 0 Å². The van der Waals surface area contributed by atoms with Gasteiger partial charge in [-0.25, -0.2) is 0 Å². The van der Waals surface area contributed by atoms with Gasteiger partial charge < -0.3 is 14.8 Å². The van der Waals surface area contributed by atoms with Crippen molar-refractivity contribution in [3.8, 4) is 0 Å². The lowest BCUT2D eigenvalue weighted by molar-refractivity contribution is -0.159. The van der Waals surface area contributed by atoms with Crippen LogP contribution in [0.25, 0.3) is 0 Å². The fourth-order valence-corrected chi connectivity index (χ4v) is 4.44. The van der Waals surface area contributed by atoms with Gasteiger partial charge in [-0.05, 0) is 49.1 Å². The molecule has 1 amide bonds. The number of ether oxygens (including phenoxy) is 2. The van der Waals surface area contributed by atoms with Crippen LogP contribution in [0.15, 0.2) is 54.6 Å². The normalized spacial score (nSPS) is 24.0. The Balaban J connectivity index is 1.35. The molecule has 5 nitrogen and oxygen atoms in total. The van der Waals surface area contributed by atoms with Crippen LogP contribution in [0.4, 0.5) is 18.9 Å². The zero-order valence-corrected chi connectivity index (χ0v) is 17.7. The second-order valence-electron chi connectivity index (χ2n) is 8.41. The number of anilines is 1. The predicted molar refractivity (Wildman–Crippen MR) is 114 cm³/mol. The first-order valence-electron chi connectivity index (χ1n) is 10.8. The maximum absolute atomic E-state index is 12.7. The number of rotatable bonds is 6. The first-order valence-corrected chi connectivity index (χ1v) is 10.8. The van der Waals surface area contributed by atoms with Crippen molar-refractivity contribution in [1.82, 2.24) is 4.90 Å². The molecule has 2 aromatic carbocycles. The molecule has 4 rings (SSSR count). The number of halogens is 3. The molecule has 2 atom stereocenters. The van der Waals surface area contributed by atoms with Gasteiger partial charge in [-0.2, -0.15) is 13.2 Å². The standard InChI is InChI=1S/C24H27F3N2O3/c25-24(26,27)19-7-9-20(10-8-19)28-22(30)16-29-13-12-23(11-4-14-32-23)21(15-29)31-17-18-5-2-1-3-6-18/h1-3,5-10,21H,4,11-17H2,(H,28,30). The average Bonchev–Trinajstić information content (AvgIpc) is 3.24. The summed E-state index contributed by atoms with van der Waals surface area (Å²) >= 11 is 0. The number of carbonyl (C=O) groups is 1. The van der Waals surface area contributed by atoms with Gasteiger partial charge in [-0.1, -0.05) is 30.3 Å². The van der Waals surface area contributed by atoms with Crippen LogP contribution in [0.1, 0.15) is 30.4 Å². The van der Waals surface area contributed by atoms with E-state index in [0.717, 1.165) is 43.6 Å². The van der Waals surface area contributed by atoms with Crippen LogP contribution < -0.4 is 5.32 Å². The molecule has 8 heteroatoms. The van der Waals surface area contributed by atoms with E-state index in [1.807, 2.05) is 35.2 Å². The number of carbonyl (C=O) groups excluding carboxylic acids is 1. The van der Waals surface area contributed by atoms with E-state index in [9.17, 15) is 18.0 Å². The van der Waals surface area contributed by atoms with E-state index in [-0.39, 0.29) is 24.2 Å². The molecule has 1 spiro atoms. The van der Waals surface area contributed by atoms with Crippen LogP contribution in [-0.4, -0.2) is 48.8 Å². The largest absolute Gasteiger partial charge is 0.416 e. The third-order valence-corrected chi connectivity index (χ3v) is 6.15. The van der Waals surface area contributed by atoms with E-state index < -0.39 is 11.7 Å². The van der Waals surface area contributed by atoms with Gasteiger partial charge in [0.05, 0.1) is 30.4 Å². The Kier molecular flexibility index (Phi) is 6.83. The van der Waals surface area contributed by atoms with Crippen molar-refractivity contribution in [1.29, 1.82) is 0 Å². The van der Waals surface area contributed by atoms with Gasteiger partial charge in [0.15, 0.2) is 0 Å². The number of benzene rings is 2. The molecule has 2 heterocycles.